The summed E-state index contributed by atoms with van der Waals surface area (Å²) in [4.78, 5) is 18.1. The molecule has 0 saturated carbocycles. The van der Waals surface area contributed by atoms with Gasteiger partial charge in [0.1, 0.15) is 5.15 Å². The molecule has 0 aromatic carbocycles. The lowest BCUT2D eigenvalue weighted by Crippen LogP contribution is -2.06. The third kappa shape index (κ3) is 2.59. The first-order chi connectivity index (χ1) is 8.90. The molecular formula is C11H6Cl2FN3O2. The van der Waals surface area contributed by atoms with Gasteiger partial charge < -0.3 is 10.8 Å². The van der Waals surface area contributed by atoms with Gasteiger partial charge in [-0.25, -0.2) is 14.8 Å². The van der Waals surface area contributed by atoms with Crippen LogP contribution in [-0.4, -0.2) is 21.0 Å². The van der Waals surface area contributed by atoms with Crippen LogP contribution in [0, 0.1) is 5.95 Å². The predicted octanol–water partition coefficient (Wildman–Crippen LogP) is 2.87. The molecule has 0 spiro atoms. The van der Waals surface area contributed by atoms with Crippen LogP contribution in [0.15, 0.2) is 18.2 Å². The minimum absolute atomic E-state index is 0.0148. The number of aromatic nitrogens is 2. The van der Waals surface area contributed by atoms with Gasteiger partial charge in [0.25, 0.3) is 0 Å². The van der Waals surface area contributed by atoms with Crippen molar-refractivity contribution in [1.29, 1.82) is 0 Å². The summed E-state index contributed by atoms with van der Waals surface area (Å²) >= 11 is 11.2. The summed E-state index contributed by atoms with van der Waals surface area (Å²) in [5.41, 5.74) is 5.10. The van der Waals surface area contributed by atoms with Crippen molar-refractivity contribution >= 4 is 34.9 Å². The van der Waals surface area contributed by atoms with Crippen LogP contribution in [-0.2, 0) is 0 Å². The number of halogens is 3. The lowest BCUT2D eigenvalue weighted by Gasteiger charge is -2.07. The van der Waals surface area contributed by atoms with E-state index in [4.69, 9.17) is 34.0 Å². The van der Waals surface area contributed by atoms with E-state index in [0.717, 1.165) is 0 Å². The van der Waals surface area contributed by atoms with E-state index in [1.807, 2.05) is 0 Å². The molecule has 0 aliphatic carbocycles. The predicted molar refractivity (Wildman–Crippen MR) is 68.8 cm³/mol. The Bertz CT molecular complexity index is 679. The summed E-state index contributed by atoms with van der Waals surface area (Å²) in [7, 11) is 0. The molecule has 5 nitrogen and oxygen atoms in total. The number of carboxylic acids is 1. The van der Waals surface area contributed by atoms with E-state index in [2.05, 4.69) is 9.97 Å². The molecule has 0 aliphatic rings. The number of nitrogens with two attached hydrogens (primary N) is 1. The molecular weight excluding hydrogens is 296 g/mol. The lowest BCUT2D eigenvalue weighted by molar-refractivity contribution is 0.0691. The molecule has 0 saturated heterocycles. The number of rotatable bonds is 2. The standard InChI is InChI=1S/C11H6Cl2FN3O2/c12-7-2-1-4(10(14)17-7)6-3-5(15)8(13)9(16-6)11(18)19/h1-3H,(H2,15,16)(H,18,19). The molecule has 0 atom stereocenters. The number of aromatic carboxylic acids is 1. The number of hydrogen-bond acceptors (Lipinski definition) is 4. The van der Waals surface area contributed by atoms with Gasteiger partial charge in [-0.1, -0.05) is 23.2 Å². The highest BCUT2D eigenvalue weighted by atomic mass is 35.5. The summed E-state index contributed by atoms with van der Waals surface area (Å²) in [5.74, 6) is -2.24. The summed E-state index contributed by atoms with van der Waals surface area (Å²) in [5, 5.41) is 8.72. The molecule has 3 N–H and O–H groups in total. The third-order valence-corrected chi connectivity index (χ3v) is 2.89. The molecule has 2 heterocycles. The molecule has 19 heavy (non-hydrogen) atoms. The first kappa shape index (κ1) is 13.5. The Morgan fingerprint density at radius 1 is 1.32 bits per heavy atom. The van der Waals surface area contributed by atoms with Crippen LogP contribution in [0.25, 0.3) is 11.3 Å². The highest BCUT2D eigenvalue weighted by molar-refractivity contribution is 6.35. The Morgan fingerprint density at radius 2 is 2.00 bits per heavy atom. The molecule has 0 radical (unpaired) electrons. The van der Waals surface area contributed by atoms with E-state index < -0.39 is 17.6 Å². The van der Waals surface area contributed by atoms with Gasteiger partial charge in [-0.15, -0.1) is 0 Å². The average Bonchev–Trinajstić information content (AvgIpc) is 2.32. The van der Waals surface area contributed by atoms with Crippen LogP contribution < -0.4 is 5.73 Å². The number of carboxylic acid groups (broad SMARTS) is 1. The zero-order chi connectivity index (χ0) is 14.2. The zero-order valence-electron chi connectivity index (χ0n) is 9.19. The van der Waals surface area contributed by atoms with Gasteiger partial charge in [-0.05, 0) is 18.2 Å². The Balaban J connectivity index is 2.66. The van der Waals surface area contributed by atoms with Crippen molar-refractivity contribution in [3.05, 3.63) is 40.0 Å². The minimum atomic E-state index is -1.36. The van der Waals surface area contributed by atoms with Crippen molar-refractivity contribution in [2.75, 3.05) is 5.73 Å². The van der Waals surface area contributed by atoms with E-state index in [1.165, 1.54) is 18.2 Å². The van der Waals surface area contributed by atoms with E-state index in [1.54, 1.807) is 0 Å². The van der Waals surface area contributed by atoms with E-state index in [9.17, 15) is 9.18 Å². The minimum Gasteiger partial charge on any atom is -0.476 e. The second-order valence-electron chi connectivity index (χ2n) is 3.54. The number of carbonyl (C=O) groups is 1. The quantitative estimate of drug-likeness (QED) is 0.833. The molecule has 2 aromatic rings. The second kappa shape index (κ2) is 4.99. The molecule has 0 amide bonds. The number of anilines is 1. The van der Waals surface area contributed by atoms with Gasteiger partial charge in [-0.2, -0.15) is 4.39 Å². The van der Waals surface area contributed by atoms with Crippen LogP contribution >= 0.6 is 23.2 Å². The maximum absolute atomic E-state index is 13.6. The fourth-order valence-corrected chi connectivity index (χ4v) is 1.75. The van der Waals surface area contributed by atoms with Gasteiger partial charge >= 0.3 is 5.97 Å². The van der Waals surface area contributed by atoms with E-state index >= 15 is 0 Å². The summed E-state index contributed by atoms with van der Waals surface area (Å²) < 4.78 is 13.6. The van der Waals surface area contributed by atoms with Gasteiger partial charge in [0.2, 0.25) is 5.95 Å². The Kier molecular flexibility index (Phi) is 3.55. The van der Waals surface area contributed by atoms with Gasteiger partial charge in [0.05, 0.1) is 22.0 Å². The topological polar surface area (TPSA) is 89.1 Å². The number of hydrogen-bond donors (Lipinski definition) is 2. The molecule has 98 valence electrons. The Labute approximate surface area is 116 Å². The molecule has 0 unspecified atom stereocenters. The third-order valence-electron chi connectivity index (χ3n) is 2.28. The van der Waals surface area contributed by atoms with Crippen molar-refractivity contribution in [3.63, 3.8) is 0 Å². The summed E-state index contributed by atoms with van der Waals surface area (Å²) in [6.07, 6.45) is 0. The van der Waals surface area contributed by atoms with Crippen molar-refractivity contribution in [1.82, 2.24) is 9.97 Å². The molecule has 2 rings (SSSR count). The zero-order valence-corrected chi connectivity index (χ0v) is 10.7. The summed E-state index contributed by atoms with van der Waals surface area (Å²) in [6, 6.07) is 3.95. The van der Waals surface area contributed by atoms with Crippen LogP contribution in [0.1, 0.15) is 10.5 Å². The first-order valence-corrected chi connectivity index (χ1v) is 5.67. The molecule has 8 heteroatoms. The normalized spacial score (nSPS) is 10.5. The van der Waals surface area contributed by atoms with E-state index in [-0.39, 0.29) is 27.1 Å². The van der Waals surface area contributed by atoms with Crippen molar-refractivity contribution in [2.45, 2.75) is 0 Å². The number of nitrogens with zero attached hydrogens (tertiary/aromatic N) is 2. The van der Waals surface area contributed by atoms with Crippen LogP contribution in [0.2, 0.25) is 10.2 Å². The largest absolute Gasteiger partial charge is 0.476 e. The molecule has 0 fully saturated rings. The van der Waals surface area contributed by atoms with Gasteiger partial charge in [0.15, 0.2) is 5.69 Å². The number of nitrogen functional groups attached to an aromatic ring is 1. The van der Waals surface area contributed by atoms with Crippen molar-refractivity contribution < 1.29 is 14.3 Å². The molecule has 0 aliphatic heterocycles. The van der Waals surface area contributed by atoms with Gasteiger partial charge in [0, 0.05) is 0 Å². The fourth-order valence-electron chi connectivity index (χ4n) is 1.43. The second-order valence-corrected chi connectivity index (χ2v) is 4.30. The van der Waals surface area contributed by atoms with Crippen LogP contribution in [0.4, 0.5) is 10.1 Å². The lowest BCUT2D eigenvalue weighted by atomic mass is 10.1. The highest BCUT2D eigenvalue weighted by Gasteiger charge is 2.18. The average molecular weight is 302 g/mol. The SMILES string of the molecule is Nc1cc(-c2ccc(Cl)nc2F)nc(C(=O)O)c1Cl. The Morgan fingerprint density at radius 3 is 2.58 bits per heavy atom. The van der Waals surface area contributed by atoms with Crippen LogP contribution in [0.3, 0.4) is 0 Å². The molecule has 0 bridgehead atoms. The highest BCUT2D eigenvalue weighted by Crippen LogP contribution is 2.29. The van der Waals surface area contributed by atoms with Gasteiger partial charge in [-0.3, -0.25) is 0 Å². The van der Waals surface area contributed by atoms with Crippen molar-refractivity contribution in [2.24, 2.45) is 0 Å². The van der Waals surface area contributed by atoms with Crippen LogP contribution in [0.5, 0.6) is 0 Å². The fraction of sp³-hybridized carbons (Fsp3) is 0. The first-order valence-electron chi connectivity index (χ1n) is 4.92. The monoisotopic (exact) mass is 301 g/mol. The molecule has 2 aromatic heterocycles. The van der Waals surface area contributed by atoms with E-state index in [0.29, 0.717) is 0 Å². The maximum atomic E-state index is 13.6. The summed E-state index contributed by atoms with van der Waals surface area (Å²) in [6.45, 7) is 0. The Hall–Kier alpha value is -1.92. The smallest absolute Gasteiger partial charge is 0.356 e. The maximum Gasteiger partial charge on any atom is 0.356 e. The number of pyridine rings is 2. The van der Waals surface area contributed by atoms with Crippen molar-refractivity contribution in [3.8, 4) is 11.3 Å².